The van der Waals surface area contributed by atoms with Crippen LogP contribution in [0.2, 0.25) is 0 Å². The lowest BCUT2D eigenvalue weighted by molar-refractivity contribution is -0.132. The van der Waals surface area contributed by atoms with Gasteiger partial charge in [-0.05, 0) is 55.2 Å². The second-order valence-corrected chi connectivity index (χ2v) is 6.86. The van der Waals surface area contributed by atoms with E-state index in [0.29, 0.717) is 0 Å². The van der Waals surface area contributed by atoms with Gasteiger partial charge in [0.15, 0.2) is 0 Å². The number of anilines is 1. The van der Waals surface area contributed by atoms with Crippen molar-refractivity contribution in [3.63, 3.8) is 0 Å². The first-order valence-electron chi connectivity index (χ1n) is 7.95. The SMILES string of the molecule is [C-]#[N+]/C(=C\c1ccc(-c2ccc(N3CCCCC3)cc2)s1)C(=O)O. The van der Waals surface area contributed by atoms with Crippen LogP contribution in [-0.4, -0.2) is 24.2 Å². The van der Waals surface area contributed by atoms with Crippen LogP contribution in [-0.2, 0) is 4.79 Å². The number of nitrogens with zero attached hydrogens (tertiary/aromatic N) is 2. The van der Waals surface area contributed by atoms with Crippen LogP contribution in [0.4, 0.5) is 5.69 Å². The molecule has 5 heteroatoms. The minimum absolute atomic E-state index is 0.260. The second kappa shape index (κ2) is 7.33. The second-order valence-electron chi connectivity index (χ2n) is 5.74. The molecule has 0 atom stereocenters. The maximum Gasteiger partial charge on any atom is 0.333 e. The molecule has 24 heavy (non-hydrogen) atoms. The molecular formula is C19H18N2O2S. The molecule has 1 N–H and O–H groups in total. The molecule has 0 radical (unpaired) electrons. The summed E-state index contributed by atoms with van der Waals surface area (Å²) in [5, 5.41) is 8.93. The van der Waals surface area contributed by atoms with Crippen LogP contribution in [0.15, 0.2) is 42.1 Å². The standard InChI is InChI=1S/C19H18N2O2S/c1-20-17(19(22)23)13-16-9-10-18(24-16)14-5-7-15(8-6-14)21-11-3-2-4-12-21/h5-10,13H,2-4,11-12H2,(H,22,23)/b17-13-. The molecule has 1 saturated heterocycles. The van der Waals surface area contributed by atoms with Crippen molar-refractivity contribution in [3.8, 4) is 10.4 Å². The first-order valence-corrected chi connectivity index (χ1v) is 8.77. The quantitative estimate of drug-likeness (QED) is 0.646. The van der Waals surface area contributed by atoms with Crippen molar-refractivity contribution in [2.75, 3.05) is 18.0 Å². The molecule has 1 fully saturated rings. The summed E-state index contributed by atoms with van der Waals surface area (Å²) in [4.78, 5) is 18.2. The van der Waals surface area contributed by atoms with E-state index in [1.165, 1.54) is 42.4 Å². The van der Waals surface area contributed by atoms with Crippen LogP contribution >= 0.6 is 11.3 Å². The van der Waals surface area contributed by atoms with Gasteiger partial charge in [0.05, 0.1) is 6.57 Å². The lowest BCUT2D eigenvalue weighted by atomic mass is 10.1. The Bertz CT molecular complexity index is 794. The number of hydrogen-bond donors (Lipinski definition) is 1. The van der Waals surface area contributed by atoms with Crippen LogP contribution in [0.25, 0.3) is 21.4 Å². The predicted molar refractivity (Wildman–Crippen MR) is 98.0 cm³/mol. The summed E-state index contributed by atoms with van der Waals surface area (Å²) in [6.07, 6.45) is 5.26. The Morgan fingerprint density at radius 1 is 1.12 bits per heavy atom. The number of carbonyl (C=O) groups is 1. The van der Waals surface area contributed by atoms with Gasteiger partial charge < -0.3 is 10.0 Å². The first kappa shape index (κ1) is 16.3. The van der Waals surface area contributed by atoms with E-state index in [1.54, 1.807) is 0 Å². The number of benzene rings is 1. The van der Waals surface area contributed by atoms with E-state index in [0.717, 1.165) is 28.4 Å². The minimum atomic E-state index is -1.19. The summed E-state index contributed by atoms with van der Waals surface area (Å²) in [5.41, 5.74) is 2.11. The molecule has 4 nitrogen and oxygen atoms in total. The molecule has 1 aliphatic rings. The van der Waals surface area contributed by atoms with Gasteiger partial charge in [-0.1, -0.05) is 12.1 Å². The van der Waals surface area contributed by atoms with Crippen molar-refractivity contribution < 1.29 is 9.90 Å². The molecule has 0 bridgehead atoms. The summed E-state index contributed by atoms with van der Waals surface area (Å²) in [6, 6.07) is 12.3. The van der Waals surface area contributed by atoms with E-state index < -0.39 is 5.97 Å². The van der Waals surface area contributed by atoms with Crippen molar-refractivity contribution in [2.45, 2.75) is 19.3 Å². The Balaban J connectivity index is 1.78. The number of aliphatic carboxylic acids is 1. The van der Waals surface area contributed by atoms with E-state index in [4.69, 9.17) is 11.7 Å². The summed E-state index contributed by atoms with van der Waals surface area (Å²) < 4.78 is 0. The Morgan fingerprint density at radius 2 is 1.83 bits per heavy atom. The first-order chi connectivity index (χ1) is 11.7. The van der Waals surface area contributed by atoms with Gasteiger partial charge in [-0.15, -0.1) is 11.3 Å². The predicted octanol–water partition coefficient (Wildman–Crippen LogP) is 4.75. The number of carboxylic acids is 1. The maximum atomic E-state index is 10.9. The molecule has 2 heterocycles. The Morgan fingerprint density at radius 3 is 2.46 bits per heavy atom. The molecule has 0 aliphatic carbocycles. The Kier molecular flexibility index (Phi) is 4.97. The molecule has 3 rings (SSSR count). The molecule has 0 unspecified atom stereocenters. The zero-order valence-electron chi connectivity index (χ0n) is 13.2. The summed E-state index contributed by atoms with van der Waals surface area (Å²) in [5.74, 6) is -1.19. The Labute approximate surface area is 145 Å². The number of hydrogen-bond acceptors (Lipinski definition) is 3. The summed E-state index contributed by atoms with van der Waals surface area (Å²) >= 11 is 1.49. The van der Waals surface area contributed by atoms with E-state index in [2.05, 4.69) is 34.0 Å². The van der Waals surface area contributed by atoms with Crippen LogP contribution in [0.5, 0.6) is 0 Å². The molecule has 1 aliphatic heterocycles. The fourth-order valence-corrected chi connectivity index (χ4v) is 3.80. The number of carboxylic acid groups (broad SMARTS) is 1. The van der Waals surface area contributed by atoms with Crippen molar-refractivity contribution in [2.24, 2.45) is 0 Å². The average Bonchev–Trinajstić information content (AvgIpc) is 3.09. The van der Waals surface area contributed by atoms with Gasteiger partial charge in [0.25, 0.3) is 5.70 Å². The van der Waals surface area contributed by atoms with Gasteiger partial charge in [0.1, 0.15) is 0 Å². The number of thiophene rings is 1. The number of rotatable bonds is 4. The van der Waals surface area contributed by atoms with E-state index in [1.807, 2.05) is 12.1 Å². The van der Waals surface area contributed by atoms with E-state index in [9.17, 15) is 4.79 Å². The van der Waals surface area contributed by atoms with Crippen molar-refractivity contribution >= 4 is 29.1 Å². The largest absolute Gasteiger partial charge is 0.486 e. The fourth-order valence-electron chi connectivity index (χ4n) is 2.85. The van der Waals surface area contributed by atoms with Crippen molar-refractivity contribution in [1.82, 2.24) is 0 Å². The van der Waals surface area contributed by atoms with Gasteiger partial charge in [-0.25, -0.2) is 4.85 Å². The van der Waals surface area contributed by atoms with Gasteiger partial charge in [0, 0.05) is 28.5 Å². The van der Waals surface area contributed by atoms with Gasteiger partial charge in [0.2, 0.25) is 0 Å². The van der Waals surface area contributed by atoms with Crippen LogP contribution < -0.4 is 4.90 Å². The van der Waals surface area contributed by atoms with E-state index in [-0.39, 0.29) is 5.70 Å². The highest BCUT2D eigenvalue weighted by molar-refractivity contribution is 7.16. The lowest BCUT2D eigenvalue weighted by Crippen LogP contribution is -2.29. The van der Waals surface area contributed by atoms with Gasteiger partial charge in [-0.3, -0.25) is 4.79 Å². The monoisotopic (exact) mass is 338 g/mol. The zero-order chi connectivity index (χ0) is 16.9. The number of piperidine rings is 1. The summed E-state index contributed by atoms with van der Waals surface area (Å²) in [7, 11) is 0. The molecule has 122 valence electrons. The molecular weight excluding hydrogens is 320 g/mol. The molecule has 0 spiro atoms. The van der Waals surface area contributed by atoms with Crippen molar-refractivity contribution in [1.29, 1.82) is 0 Å². The van der Waals surface area contributed by atoms with E-state index >= 15 is 0 Å². The molecule has 0 amide bonds. The maximum absolute atomic E-state index is 10.9. The van der Waals surface area contributed by atoms with Crippen LogP contribution in [0, 0.1) is 6.57 Å². The van der Waals surface area contributed by atoms with Gasteiger partial charge in [-0.2, -0.15) is 0 Å². The highest BCUT2D eigenvalue weighted by Gasteiger charge is 2.12. The fraction of sp³-hybridized carbons (Fsp3) is 0.263. The normalized spacial score (nSPS) is 15.1. The zero-order valence-corrected chi connectivity index (χ0v) is 14.1. The molecule has 1 aromatic heterocycles. The topological polar surface area (TPSA) is 44.9 Å². The minimum Gasteiger partial charge on any atom is -0.486 e. The van der Waals surface area contributed by atoms with Crippen LogP contribution in [0.3, 0.4) is 0 Å². The Hall–Kier alpha value is -2.58. The molecule has 0 saturated carbocycles. The highest BCUT2D eigenvalue weighted by atomic mass is 32.1. The van der Waals surface area contributed by atoms with Crippen molar-refractivity contribution in [3.05, 3.63) is 58.4 Å². The van der Waals surface area contributed by atoms with Gasteiger partial charge >= 0.3 is 5.97 Å². The third-order valence-electron chi connectivity index (χ3n) is 4.12. The highest BCUT2D eigenvalue weighted by Crippen LogP contribution is 2.31. The lowest BCUT2D eigenvalue weighted by Gasteiger charge is -2.28. The smallest absolute Gasteiger partial charge is 0.333 e. The summed E-state index contributed by atoms with van der Waals surface area (Å²) in [6.45, 7) is 9.16. The third kappa shape index (κ3) is 3.66. The molecule has 1 aromatic carbocycles. The average molecular weight is 338 g/mol. The molecule has 2 aromatic rings. The third-order valence-corrected chi connectivity index (χ3v) is 5.20. The van der Waals surface area contributed by atoms with Crippen LogP contribution in [0.1, 0.15) is 24.1 Å².